The number of rotatable bonds is 2. The number of aromatic amines is 1. The Balaban J connectivity index is 2.52. The second kappa shape index (κ2) is 3.43. The highest BCUT2D eigenvalue weighted by Crippen LogP contribution is 2.14. The number of Topliss-reactive ketones (excluding diaryl/α,β-unsaturated/α-hetero) is 1. The Morgan fingerprint density at radius 3 is 3.00 bits per heavy atom. The third-order valence-corrected chi connectivity index (χ3v) is 2.11. The van der Waals surface area contributed by atoms with Gasteiger partial charge in [0.15, 0.2) is 5.78 Å². The summed E-state index contributed by atoms with van der Waals surface area (Å²) in [6.45, 7) is 1.60. The molecule has 2 aromatic rings. The molecule has 0 spiro atoms. The van der Waals surface area contributed by atoms with Crippen LogP contribution in [0.5, 0.6) is 0 Å². The number of nitrogens with two attached hydrogens (primary N) is 1. The normalized spacial score (nSPS) is 13.0. The molecule has 0 aliphatic rings. The summed E-state index contributed by atoms with van der Waals surface area (Å²) >= 11 is 0. The molecule has 4 nitrogen and oxygen atoms in total. The van der Waals surface area contributed by atoms with Gasteiger partial charge in [0, 0.05) is 6.07 Å². The standard InChI is InChI=1S/C10H10FN3O/c1-5(12)10(15)9-3-7-8(14-9)2-6(11)4-13-7/h2-5,14H,12H2,1H3. The average Bonchev–Trinajstić information content (AvgIpc) is 2.58. The van der Waals surface area contributed by atoms with E-state index in [0.717, 1.165) is 6.20 Å². The molecule has 0 bridgehead atoms. The van der Waals surface area contributed by atoms with Gasteiger partial charge in [-0.05, 0) is 13.0 Å². The van der Waals surface area contributed by atoms with Crippen molar-refractivity contribution in [3.63, 3.8) is 0 Å². The number of H-pyrrole nitrogens is 1. The Morgan fingerprint density at radius 1 is 1.60 bits per heavy atom. The second-order valence-corrected chi connectivity index (χ2v) is 3.42. The molecule has 78 valence electrons. The number of hydrogen-bond donors (Lipinski definition) is 2. The lowest BCUT2D eigenvalue weighted by Gasteiger charge is -1.99. The largest absolute Gasteiger partial charge is 0.351 e. The van der Waals surface area contributed by atoms with Gasteiger partial charge in [0.05, 0.1) is 29.0 Å². The van der Waals surface area contributed by atoms with Crippen molar-refractivity contribution in [2.75, 3.05) is 0 Å². The third-order valence-electron chi connectivity index (χ3n) is 2.11. The first kappa shape index (κ1) is 9.79. The number of pyridine rings is 1. The molecule has 0 aromatic carbocycles. The number of aromatic nitrogens is 2. The van der Waals surface area contributed by atoms with E-state index in [4.69, 9.17) is 5.73 Å². The van der Waals surface area contributed by atoms with Crippen LogP contribution in [0.4, 0.5) is 4.39 Å². The smallest absolute Gasteiger partial charge is 0.195 e. The quantitative estimate of drug-likeness (QED) is 0.727. The molecule has 3 N–H and O–H groups in total. The summed E-state index contributed by atoms with van der Waals surface area (Å²) in [5, 5.41) is 0. The molecular formula is C10H10FN3O. The molecule has 0 saturated carbocycles. The van der Waals surface area contributed by atoms with Gasteiger partial charge in [0.25, 0.3) is 0 Å². The van der Waals surface area contributed by atoms with E-state index in [2.05, 4.69) is 9.97 Å². The number of halogens is 1. The van der Waals surface area contributed by atoms with Crippen LogP contribution in [0, 0.1) is 5.82 Å². The van der Waals surface area contributed by atoms with Crippen LogP contribution in [0.15, 0.2) is 18.3 Å². The maximum Gasteiger partial charge on any atom is 0.195 e. The topological polar surface area (TPSA) is 71.8 Å². The van der Waals surface area contributed by atoms with Crippen molar-refractivity contribution >= 4 is 16.8 Å². The van der Waals surface area contributed by atoms with Gasteiger partial charge in [-0.2, -0.15) is 0 Å². The van der Waals surface area contributed by atoms with E-state index in [-0.39, 0.29) is 5.78 Å². The monoisotopic (exact) mass is 207 g/mol. The molecule has 1 unspecified atom stereocenters. The van der Waals surface area contributed by atoms with Gasteiger partial charge in [-0.1, -0.05) is 0 Å². The van der Waals surface area contributed by atoms with Crippen molar-refractivity contribution in [3.05, 3.63) is 29.8 Å². The van der Waals surface area contributed by atoms with E-state index in [1.807, 2.05) is 0 Å². The zero-order valence-corrected chi connectivity index (χ0v) is 8.12. The van der Waals surface area contributed by atoms with E-state index in [1.165, 1.54) is 6.07 Å². The van der Waals surface area contributed by atoms with E-state index >= 15 is 0 Å². The second-order valence-electron chi connectivity index (χ2n) is 3.42. The minimum atomic E-state index is -0.581. The van der Waals surface area contributed by atoms with Gasteiger partial charge in [-0.3, -0.25) is 9.78 Å². The Kier molecular flexibility index (Phi) is 2.24. The minimum Gasteiger partial charge on any atom is -0.351 e. The van der Waals surface area contributed by atoms with E-state index in [0.29, 0.717) is 16.7 Å². The van der Waals surface area contributed by atoms with Crippen LogP contribution in [0.1, 0.15) is 17.4 Å². The predicted octanol–water partition coefficient (Wildman–Crippen LogP) is 1.23. The number of nitrogens with zero attached hydrogens (tertiary/aromatic N) is 1. The lowest BCUT2D eigenvalue weighted by molar-refractivity contribution is 0.0964. The Bertz CT molecular complexity index is 518. The first-order valence-electron chi connectivity index (χ1n) is 4.52. The zero-order valence-electron chi connectivity index (χ0n) is 8.12. The summed E-state index contributed by atoms with van der Waals surface area (Å²) in [6.07, 6.45) is 1.11. The van der Waals surface area contributed by atoms with Crippen LogP contribution in [0.25, 0.3) is 11.0 Å². The maximum absolute atomic E-state index is 12.8. The molecule has 0 aliphatic carbocycles. The molecule has 1 atom stereocenters. The fourth-order valence-corrected chi connectivity index (χ4v) is 1.36. The van der Waals surface area contributed by atoms with Gasteiger partial charge in [-0.25, -0.2) is 4.39 Å². The summed E-state index contributed by atoms with van der Waals surface area (Å²) < 4.78 is 12.8. The number of ketones is 1. The third kappa shape index (κ3) is 1.73. The van der Waals surface area contributed by atoms with Crippen molar-refractivity contribution in [2.24, 2.45) is 5.73 Å². The molecule has 5 heteroatoms. The molecule has 2 heterocycles. The Labute approximate surface area is 85.3 Å². The molecule has 0 saturated heterocycles. The van der Waals surface area contributed by atoms with Crippen LogP contribution in [0.3, 0.4) is 0 Å². The summed E-state index contributed by atoms with van der Waals surface area (Å²) in [7, 11) is 0. The number of carbonyl (C=O) groups is 1. The number of carbonyl (C=O) groups excluding carboxylic acids is 1. The molecule has 0 amide bonds. The fraction of sp³-hybridized carbons (Fsp3) is 0.200. The molecule has 0 radical (unpaired) electrons. The van der Waals surface area contributed by atoms with Crippen LogP contribution in [-0.4, -0.2) is 21.8 Å². The van der Waals surface area contributed by atoms with E-state index in [9.17, 15) is 9.18 Å². The average molecular weight is 207 g/mol. The fourth-order valence-electron chi connectivity index (χ4n) is 1.36. The van der Waals surface area contributed by atoms with Crippen molar-refractivity contribution < 1.29 is 9.18 Å². The Morgan fingerprint density at radius 2 is 2.33 bits per heavy atom. The minimum absolute atomic E-state index is 0.214. The van der Waals surface area contributed by atoms with Gasteiger partial charge in [-0.15, -0.1) is 0 Å². The molecule has 2 rings (SSSR count). The predicted molar refractivity (Wildman–Crippen MR) is 54.0 cm³/mol. The van der Waals surface area contributed by atoms with Gasteiger partial charge < -0.3 is 10.7 Å². The number of fused-ring (bicyclic) bond motifs is 1. The van der Waals surface area contributed by atoms with Crippen molar-refractivity contribution in [3.8, 4) is 0 Å². The van der Waals surface area contributed by atoms with Crippen molar-refractivity contribution in [2.45, 2.75) is 13.0 Å². The highest BCUT2D eigenvalue weighted by Gasteiger charge is 2.14. The van der Waals surface area contributed by atoms with Crippen LogP contribution in [0.2, 0.25) is 0 Å². The number of nitrogens with one attached hydrogen (secondary N) is 1. The van der Waals surface area contributed by atoms with Crippen LogP contribution in [-0.2, 0) is 0 Å². The highest BCUT2D eigenvalue weighted by atomic mass is 19.1. The molecular weight excluding hydrogens is 197 g/mol. The lowest BCUT2D eigenvalue weighted by atomic mass is 10.2. The van der Waals surface area contributed by atoms with Gasteiger partial charge in [0.2, 0.25) is 0 Å². The molecule has 0 fully saturated rings. The van der Waals surface area contributed by atoms with Crippen molar-refractivity contribution in [1.29, 1.82) is 0 Å². The summed E-state index contributed by atoms with van der Waals surface area (Å²) in [5.74, 6) is -0.655. The Hall–Kier alpha value is -1.75. The van der Waals surface area contributed by atoms with Crippen LogP contribution >= 0.6 is 0 Å². The van der Waals surface area contributed by atoms with Crippen molar-refractivity contribution in [1.82, 2.24) is 9.97 Å². The van der Waals surface area contributed by atoms with Gasteiger partial charge >= 0.3 is 0 Å². The lowest BCUT2D eigenvalue weighted by Crippen LogP contribution is -2.26. The molecule has 0 aliphatic heterocycles. The van der Waals surface area contributed by atoms with Gasteiger partial charge in [0.1, 0.15) is 5.82 Å². The summed E-state index contributed by atoms with van der Waals surface area (Å²) in [4.78, 5) is 18.2. The first-order chi connectivity index (χ1) is 7.08. The van der Waals surface area contributed by atoms with E-state index in [1.54, 1.807) is 13.0 Å². The summed E-state index contributed by atoms with van der Waals surface area (Å²) in [5.41, 5.74) is 6.87. The first-order valence-corrected chi connectivity index (χ1v) is 4.52. The maximum atomic E-state index is 12.8. The van der Waals surface area contributed by atoms with Crippen LogP contribution < -0.4 is 5.73 Å². The number of hydrogen-bond acceptors (Lipinski definition) is 3. The van der Waals surface area contributed by atoms with E-state index < -0.39 is 11.9 Å². The zero-order chi connectivity index (χ0) is 11.0. The molecule has 15 heavy (non-hydrogen) atoms. The summed E-state index contributed by atoms with van der Waals surface area (Å²) in [6, 6.07) is 2.28. The molecule has 2 aromatic heterocycles. The highest BCUT2D eigenvalue weighted by molar-refractivity contribution is 6.01. The SMILES string of the molecule is CC(N)C(=O)c1cc2ncc(F)cc2[nH]1.